The Bertz CT molecular complexity index is 1660. The lowest BCUT2D eigenvalue weighted by Gasteiger charge is -2.12. The van der Waals surface area contributed by atoms with Gasteiger partial charge in [0.2, 0.25) is 0 Å². The quantitative estimate of drug-likeness (QED) is 0.250. The molecule has 35 heavy (non-hydrogen) atoms. The first-order valence-electron chi connectivity index (χ1n) is 12.2. The van der Waals surface area contributed by atoms with Crippen LogP contribution in [0.2, 0.25) is 0 Å². The lowest BCUT2D eigenvalue weighted by Crippen LogP contribution is -1.91. The van der Waals surface area contributed by atoms with Gasteiger partial charge in [-0.1, -0.05) is 92.7 Å². The van der Waals surface area contributed by atoms with Gasteiger partial charge < -0.3 is 0 Å². The fraction of sp³-hybridized carbons (Fsp3) is 0.121. The van der Waals surface area contributed by atoms with Gasteiger partial charge in [0.05, 0.1) is 5.69 Å². The zero-order valence-corrected chi connectivity index (χ0v) is 21.1. The van der Waals surface area contributed by atoms with Crippen LogP contribution in [0, 0.1) is 6.92 Å². The van der Waals surface area contributed by atoms with E-state index in [9.17, 15) is 0 Å². The highest BCUT2D eigenvalue weighted by molar-refractivity contribution is 7.23. The molecular formula is C33H27NS. The average molecular weight is 470 g/mol. The number of nitrogens with zero attached hydrogens (tertiary/aromatic N) is 1. The summed E-state index contributed by atoms with van der Waals surface area (Å²) in [6, 6.07) is 35.1. The van der Waals surface area contributed by atoms with Crippen molar-refractivity contribution in [3.05, 3.63) is 114 Å². The monoisotopic (exact) mass is 469 g/mol. The summed E-state index contributed by atoms with van der Waals surface area (Å²) in [6.45, 7) is 6.74. The number of aromatic nitrogens is 1. The van der Waals surface area contributed by atoms with E-state index in [4.69, 9.17) is 4.98 Å². The molecule has 0 bridgehead atoms. The van der Waals surface area contributed by atoms with E-state index in [2.05, 4.69) is 118 Å². The normalized spacial score (nSPS) is 11.5. The van der Waals surface area contributed by atoms with Gasteiger partial charge in [-0.05, 0) is 64.1 Å². The topological polar surface area (TPSA) is 12.9 Å². The predicted octanol–water partition coefficient (Wildman–Crippen LogP) is 9.88. The molecular weight excluding hydrogens is 442 g/mol. The van der Waals surface area contributed by atoms with Gasteiger partial charge >= 0.3 is 0 Å². The number of aryl methyl sites for hydroxylation is 1. The summed E-state index contributed by atoms with van der Waals surface area (Å²) in [5, 5.41) is 3.75. The minimum atomic E-state index is 0.502. The van der Waals surface area contributed by atoms with Gasteiger partial charge in [0.1, 0.15) is 0 Å². The molecule has 4 aromatic carbocycles. The number of thiophene rings is 1. The maximum atomic E-state index is 4.89. The summed E-state index contributed by atoms with van der Waals surface area (Å²) in [6.07, 6.45) is 1.95. The van der Waals surface area contributed by atoms with E-state index in [1.54, 1.807) is 0 Å². The Labute approximate surface area is 210 Å². The number of hydrogen-bond acceptors (Lipinski definition) is 2. The molecule has 0 fully saturated rings. The summed E-state index contributed by atoms with van der Waals surface area (Å²) in [7, 11) is 0. The van der Waals surface area contributed by atoms with Crippen LogP contribution in [-0.4, -0.2) is 4.98 Å². The Kier molecular flexibility index (Phi) is 5.47. The summed E-state index contributed by atoms with van der Waals surface area (Å²) in [4.78, 5) is 6.23. The number of rotatable bonds is 4. The molecule has 2 heterocycles. The first kappa shape index (κ1) is 21.8. The second kappa shape index (κ2) is 8.79. The summed E-state index contributed by atoms with van der Waals surface area (Å²) in [5.41, 5.74) is 8.68. The molecule has 0 atom stereocenters. The van der Waals surface area contributed by atoms with E-state index in [0.717, 1.165) is 5.69 Å². The Morgan fingerprint density at radius 1 is 0.686 bits per heavy atom. The molecule has 170 valence electrons. The van der Waals surface area contributed by atoms with Crippen molar-refractivity contribution >= 4 is 32.2 Å². The van der Waals surface area contributed by atoms with Crippen molar-refractivity contribution in [3.63, 3.8) is 0 Å². The largest absolute Gasteiger partial charge is 0.256 e. The van der Waals surface area contributed by atoms with E-state index in [0.29, 0.717) is 5.92 Å². The molecule has 2 aromatic heterocycles. The molecule has 0 radical (unpaired) electrons. The molecule has 0 amide bonds. The van der Waals surface area contributed by atoms with E-state index in [1.807, 2.05) is 17.5 Å². The van der Waals surface area contributed by atoms with Crippen molar-refractivity contribution in [3.8, 4) is 32.8 Å². The molecule has 2 heteroatoms. The van der Waals surface area contributed by atoms with Gasteiger partial charge in [-0.3, -0.25) is 4.98 Å². The van der Waals surface area contributed by atoms with Crippen molar-refractivity contribution in [1.29, 1.82) is 0 Å². The van der Waals surface area contributed by atoms with Crippen LogP contribution in [0.25, 0.3) is 53.7 Å². The minimum Gasteiger partial charge on any atom is -0.256 e. The maximum Gasteiger partial charge on any atom is 0.0780 e. The van der Waals surface area contributed by atoms with Crippen molar-refractivity contribution in [1.82, 2.24) is 4.98 Å². The van der Waals surface area contributed by atoms with E-state index >= 15 is 0 Å². The SMILES string of the molecule is Cc1c(-c2ccccc2)sc2c(-c3ccccc3)cc(-c3nccc4cc(C(C)C)ccc34)cc12. The predicted molar refractivity (Wildman–Crippen MR) is 152 cm³/mol. The van der Waals surface area contributed by atoms with E-state index in [-0.39, 0.29) is 0 Å². The Morgan fingerprint density at radius 2 is 1.40 bits per heavy atom. The smallest absolute Gasteiger partial charge is 0.0780 e. The van der Waals surface area contributed by atoms with Gasteiger partial charge in [-0.2, -0.15) is 0 Å². The van der Waals surface area contributed by atoms with Crippen LogP contribution in [0.1, 0.15) is 30.9 Å². The Balaban J connectivity index is 1.64. The van der Waals surface area contributed by atoms with Crippen molar-refractivity contribution < 1.29 is 0 Å². The second-order valence-electron chi connectivity index (χ2n) is 9.48. The molecule has 0 unspecified atom stereocenters. The summed E-state index contributed by atoms with van der Waals surface area (Å²) in [5.74, 6) is 0.502. The fourth-order valence-corrected chi connectivity index (χ4v) is 6.27. The molecule has 6 rings (SSSR count). The van der Waals surface area contributed by atoms with Crippen LogP contribution in [0.4, 0.5) is 0 Å². The third-order valence-electron chi connectivity index (χ3n) is 6.89. The molecule has 0 aliphatic rings. The van der Waals surface area contributed by atoms with Crippen LogP contribution in [0.3, 0.4) is 0 Å². The van der Waals surface area contributed by atoms with Crippen molar-refractivity contribution in [2.75, 3.05) is 0 Å². The highest BCUT2D eigenvalue weighted by Crippen LogP contribution is 2.45. The van der Waals surface area contributed by atoms with Gasteiger partial charge in [-0.15, -0.1) is 11.3 Å². The van der Waals surface area contributed by atoms with Crippen molar-refractivity contribution in [2.24, 2.45) is 0 Å². The highest BCUT2D eigenvalue weighted by Gasteiger charge is 2.17. The molecule has 0 spiro atoms. The van der Waals surface area contributed by atoms with Gasteiger partial charge in [0.15, 0.2) is 0 Å². The summed E-state index contributed by atoms with van der Waals surface area (Å²) >= 11 is 1.89. The molecule has 6 aromatic rings. The standard InChI is InChI=1S/C33H27NS/c1-21(2)25-14-15-28-26(18-25)16-17-34-31(28)27-19-29-22(3)32(24-12-8-5-9-13-24)35-33(29)30(20-27)23-10-6-4-7-11-23/h4-21H,1-3H3. The van der Waals surface area contributed by atoms with Gasteiger partial charge in [0.25, 0.3) is 0 Å². The first-order valence-corrected chi connectivity index (χ1v) is 13.0. The fourth-order valence-electron chi connectivity index (χ4n) is 4.94. The third kappa shape index (κ3) is 3.84. The lowest BCUT2D eigenvalue weighted by molar-refractivity contribution is 0.869. The summed E-state index contributed by atoms with van der Waals surface area (Å²) < 4.78 is 1.33. The van der Waals surface area contributed by atoms with Crippen LogP contribution in [0.5, 0.6) is 0 Å². The van der Waals surface area contributed by atoms with Crippen LogP contribution < -0.4 is 0 Å². The molecule has 0 N–H and O–H groups in total. The zero-order chi connectivity index (χ0) is 23.9. The molecule has 0 saturated carbocycles. The highest BCUT2D eigenvalue weighted by atomic mass is 32.1. The second-order valence-corrected chi connectivity index (χ2v) is 10.5. The van der Waals surface area contributed by atoms with Crippen molar-refractivity contribution in [2.45, 2.75) is 26.7 Å². The number of benzene rings is 4. The zero-order valence-electron chi connectivity index (χ0n) is 20.2. The van der Waals surface area contributed by atoms with Crippen LogP contribution in [0.15, 0.2) is 103 Å². The number of pyridine rings is 1. The van der Waals surface area contributed by atoms with Gasteiger partial charge in [0, 0.05) is 32.3 Å². The molecule has 0 aliphatic carbocycles. The lowest BCUT2D eigenvalue weighted by atomic mass is 9.94. The minimum absolute atomic E-state index is 0.502. The van der Waals surface area contributed by atoms with Gasteiger partial charge in [-0.25, -0.2) is 0 Å². The van der Waals surface area contributed by atoms with Crippen LogP contribution >= 0.6 is 11.3 Å². The average Bonchev–Trinajstić information content (AvgIpc) is 3.24. The Morgan fingerprint density at radius 3 is 2.11 bits per heavy atom. The maximum absolute atomic E-state index is 4.89. The molecule has 0 aliphatic heterocycles. The first-order chi connectivity index (χ1) is 17.1. The third-order valence-corrected chi connectivity index (χ3v) is 8.28. The molecule has 1 nitrogen and oxygen atoms in total. The van der Waals surface area contributed by atoms with Crippen LogP contribution in [-0.2, 0) is 0 Å². The number of hydrogen-bond donors (Lipinski definition) is 0. The number of fused-ring (bicyclic) bond motifs is 2. The Hall–Kier alpha value is -3.75. The van der Waals surface area contributed by atoms with E-state index < -0.39 is 0 Å². The molecule has 0 saturated heterocycles. The van der Waals surface area contributed by atoms with E-state index in [1.165, 1.54) is 59.1 Å².